The van der Waals surface area contributed by atoms with E-state index < -0.39 is 6.09 Å². The Balaban J connectivity index is 2.14. The van der Waals surface area contributed by atoms with Crippen LogP contribution in [0.1, 0.15) is 5.56 Å². The predicted molar refractivity (Wildman–Crippen MR) is 62.8 cm³/mol. The molecule has 0 atom stereocenters. The van der Waals surface area contributed by atoms with E-state index in [2.05, 4.69) is 4.98 Å². The van der Waals surface area contributed by atoms with Crippen molar-refractivity contribution in [2.24, 2.45) is 5.73 Å². The number of hydrogen-bond donors (Lipinski definition) is 1. The Kier molecular flexibility index (Phi) is 3.40. The van der Waals surface area contributed by atoms with Crippen LogP contribution in [0.2, 0.25) is 0 Å². The van der Waals surface area contributed by atoms with Crippen molar-refractivity contribution in [2.75, 3.05) is 6.61 Å². The van der Waals surface area contributed by atoms with Crippen molar-refractivity contribution in [1.29, 1.82) is 0 Å². The van der Waals surface area contributed by atoms with E-state index in [1.165, 1.54) is 0 Å². The molecule has 2 rings (SSSR count). The molecule has 17 heavy (non-hydrogen) atoms. The number of rotatable bonds is 4. The molecule has 0 unspecified atom stereocenters. The van der Waals surface area contributed by atoms with Crippen LogP contribution in [-0.4, -0.2) is 22.3 Å². The maximum Gasteiger partial charge on any atom is 0.404 e. The van der Waals surface area contributed by atoms with Crippen LogP contribution in [0.3, 0.4) is 0 Å². The van der Waals surface area contributed by atoms with Crippen LogP contribution in [0, 0.1) is 0 Å². The molecule has 0 fully saturated rings. The molecular formula is C12H13N3O2. The number of para-hydroxylation sites is 1. The first-order valence-electron chi connectivity index (χ1n) is 5.26. The lowest BCUT2D eigenvalue weighted by Crippen LogP contribution is -2.15. The fourth-order valence-corrected chi connectivity index (χ4v) is 1.64. The van der Waals surface area contributed by atoms with Crippen LogP contribution in [-0.2, 0) is 11.2 Å². The summed E-state index contributed by atoms with van der Waals surface area (Å²) in [4.78, 5) is 14.5. The molecular weight excluding hydrogens is 218 g/mol. The zero-order chi connectivity index (χ0) is 12.1. The smallest absolute Gasteiger partial charge is 0.404 e. The van der Waals surface area contributed by atoms with Gasteiger partial charge in [-0.3, -0.25) is 0 Å². The van der Waals surface area contributed by atoms with Gasteiger partial charge >= 0.3 is 6.09 Å². The fraction of sp³-hybridized carbons (Fsp3) is 0.167. The van der Waals surface area contributed by atoms with Crippen molar-refractivity contribution in [3.05, 3.63) is 48.5 Å². The molecule has 2 N–H and O–H groups in total. The first-order chi connectivity index (χ1) is 8.27. The molecule has 5 heteroatoms. The average Bonchev–Trinajstić information content (AvgIpc) is 2.82. The molecule has 0 aliphatic rings. The van der Waals surface area contributed by atoms with Gasteiger partial charge in [0.15, 0.2) is 0 Å². The van der Waals surface area contributed by atoms with Crippen molar-refractivity contribution in [3.63, 3.8) is 0 Å². The molecule has 0 saturated heterocycles. The second-order valence-corrected chi connectivity index (χ2v) is 3.52. The number of benzene rings is 1. The number of nitrogens with zero attached hydrogens (tertiary/aromatic N) is 2. The van der Waals surface area contributed by atoms with E-state index in [4.69, 9.17) is 10.5 Å². The van der Waals surface area contributed by atoms with Crippen LogP contribution in [0.5, 0.6) is 0 Å². The van der Waals surface area contributed by atoms with Crippen molar-refractivity contribution >= 4 is 6.09 Å². The van der Waals surface area contributed by atoms with Gasteiger partial charge in [0.1, 0.15) is 0 Å². The normalized spacial score (nSPS) is 10.1. The van der Waals surface area contributed by atoms with Crippen molar-refractivity contribution < 1.29 is 9.53 Å². The second kappa shape index (κ2) is 5.16. The van der Waals surface area contributed by atoms with Crippen LogP contribution < -0.4 is 5.73 Å². The van der Waals surface area contributed by atoms with Gasteiger partial charge in [0.2, 0.25) is 0 Å². The van der Waals surface area contributed by atoms with Gasteiger partial charge in [0, 0.05) is 24.5 Å². The summed E-state index contributed by atoms with van der Waals surface area (Å²) in [6.45, 7) is 0.279. The van der Waals surface area contributed by atoms with Gasteiger partial charge in [-0.1, -0.05) is 18.2 Å². The largest absolute Gasteiger partial charge is 0.449 e. The Hall–Kier alpha value is -2.30. The summed E-state index contributed by atoms with van der Waals surface area (Å²) >= 11 is 0. The van der Waals surface area contributed by atoms with Gasteiger partial charge < -0.3 is 15.0 Å². The molecule has 1 aromatic heterocycles. The fourth-order valence-electron chi connectivity index (χ4n) is 1.64. The van der Waals surface area contributed by atoms with Crippen molar-refractivity contribution in [1.82, 2.24) is 9.55 Å². The molecule has 0 aliphatic heterocycles. The van der Waals surface area contributed by atoms with Crippen molar-refractivity contribution in [3.8, 4) is 5.69 Å². The summed E-state index contributed by atoms with van der Waals surface area (Å²) in [5.41, 5.74) is 7.01. The molecule has 0 radical (unpaired) electrons. The molecule has 88 valence electrons. The maximum atomic E-state index is 10.5. The van der Waals surface area contributed by atoms with E-state index in [0.717, 1.165) is 11.3 Å². The monoisotopic (exact) mass is 231 g/mol. The highest BCUT2D eigenvalue weighted by atomic mass is 16.5. The van der Waals surface area contributed by atoms with Gasteiger partial charge in [-0.05, 0) is 11.6 Å². The van der Waals surface area contributed by atoms with E-state index in [1.807, 2.05) is 35.0 Å². The average molecular weight is 231 g/mol. The number of carbonyl (C=O) groups is 1. The number of hydrogen-bond acceptors (Lipinski definition) is 3. The third kappa shape index (κ3) is 2.84. The number of nitrogens with two attached hydrogens (primary N) is 1. The second-order valence-electron chi connectivity index (χ2n) is 3.52. The van der Waals surface area contributed by atoms with Crippen LogP contribution >= 0.6 is 0 Å². The summed E-state index contributed by atoms with van der Waals surface area (Å²) < 4.78 is 6.65. The lowest BCUT2D eigenvalue weighted by Gasteiger charge is -2.09. The maximum absolute atomic E-state index is 10.5. The van der Waals surface area contributed by atoms with Crippen LogP contribution in [0.15, 0.2) is 43.0 Å². The van der Waals surface area contributed by atoms with E-state index in [1.54, 1.807) is 12.5 Å². The molecule has 5 nitrogen and oxygen atoms in total. The molecule has 2 aromatic rings. The number of amides is 1. The molecule has 1 heterocycles. The summed E-state index contributed by atoms with van der Waals surface area (Å²) in [5, 5.41) is 0. The molecule has 0 spiro atoms. The van der Waals surface area contributed by atoms with E-state index in [-0.39, 0.29) is 6.61 Å². The number of imidazole rings is 1. The minimum absolute atomic E-state index is 0.279. The first kappa shape index (κ1) is 11.2. The molecule has 1 amide bonds. The SMILES string of the molecule is NC(=O)OCCc1ccccc1-n1ccnc1. The lowest BCUT2D eigenvalue weighted by molar-refractivity contribution is 0.158. The Morgan fingerprint density at radius 2 is 2.24 bits per heavy atom. The van der Waals surface area contributed by atoms with E-state index >= 15 is 0 Å². The Bertz CT molecular complexity index is 494. The van der Waals surface area contributed by atoms with Gasteiger partial charge in [0.05, 0.1) is 12.9 Å². The third-order valence-electron chi connectivity index (χ3n) is 2.39. The summed E-state index contributed by atoms with van der Waals surface area (Å²) in [5.74, 6) is 0. The highest BCUT2D eigenvalue weighted by molar-refractivity contribution is 5.64. The Morgan fingerprint density at radius 3 is 2.94 bits per heavy atom. The lowest BCUT2D eigenvalue weighted by atomic mass is 10.1. The quantitative estimate of drug-likeness (QED) is 0.867. The number of primary amides is 1. The van der Waals surface area contributed by atoms with Gasteiger partial charge in [-0.2, -0.15) is 0 Å². The topological polar surface area (TPSA) is 70.1 Å². The minimum atomic E-state index is -0.745. The highest BCUT2D eigenvalue weighted by Gasteiger charge is 2.04. The third-order valence-corrected chi connectivity index (χ3v) is 2.39. The van der Waals surface area contributed by atoms with Crippen molar-refractivity contribution in [2.45, 2.75) is 6.42 Å². The number of carbonyl (C=O) groups excluding carboxylic acids is 1. The molecule has 1 aromatic carbocycles. The Morgan fingerprint density at radius 1 is 1.41 bits per heavy atom. The number of ether oxygens (including phenoxy) is 1. The highest BCUT2D eigenvalue weighted by Crippen LogP contribution is 2.14. The molecule has 0 aliphatic carbocycles. The van der Waals surface area contributed by atoms with Crippen LogP contribution in [0.4, 0.5) is 4.79 Å². The van der Waals surface area contributed by atoms with Gasteiger partial charge in [0.25, 0.3) is 0 Å². The predicted octanol–water partition coefficient (Wildman–Crippen LogP) is 1.51. The molecule has 0 bridgehead atoms. The Labute approximate surface area is 98.8 Å². The van der Waals surface area contributed by atoms with E-state index in [9.17, 15) is 4.79 Å². The molecule has 0 saturated carbocycles. The number of aromatic nitrogens is 2. The van der Waals surface area contributed by atoms with E-state index in [0.29, 0.717) is 6.42 Å². The van der Waals surface area contributed by atoms with Gasteiger partial charge in [-0.15, -0.1) is 0 Å². The summed E-state index contributed by atoms with van der Waals surface area (Å²) in [6.07, 6.45) is 5.19. The zero-order valence-electron chi connectivity index (χ0n) is 9.24. The summed E-state index contributed by atoms with van der Waals surface area (Å²) in [6, 6.07) is 7.87. The zero-order valence-corrected chi connectivity index (χ0v) is 9.24. The van der Waals surface area contributed by atoms with Crippen LogP contribution in [0.25, 0.3) is 5.69 Å². The van der Waals surface area contributed by atoms with Gasteiger partial charge in [-0.25, -0.2) is 9.78 Å². The standard InChI is InChI=1S/C12H13N3O2/c13-12(16)17-8-5-10-3-1-2-4-11(10)15-7-6-14-9-15/h1-4,6-7,9H,5,8H2,(H2,13,16). The summed E-state index contributed by atoms with van der Waals surface area (Å²) in [7, 11) is 0. The first-order valence-corrected chi connectivity index (χ1v) is 5.26. The minimum Gasteiger partial charge on any atom is -0.449 e.